The van der Waals surface area contributed by atoms with Crippen LogP contribution in [-0.2, 0) is 6.54 Å². The molecule has 1 fully saturated rings. The van der Waals surface area contributed by atoms with Gasteiger partial charge < -0.3 is 9.73 Å². The summed E-state index contributed by atoms with van der Waals surface area (Å²) >= 11 is 1.99. The van der Waals surface area contributed by atoms with E-state index in [9.17, 15) is 0 Å². The van der Waals surface area contributed by atoms with Crippen molar-refractivity contribution < 1.29 is 4.42 Å². The van der Waals surface area contributed by atoms with Crippen LogP contribution in [0.25, 0.3) is 0 Å². The summed E-state index contributed by atoms with van der Waals surface area (Å²) in [6.07, 6.45) is 6.68. The number of rotatable bonds is 5. The molecule has 1 N–H and O–H groups in total. The number of hydrogen-bond acceptors (Lipinski definition) is 3. The van der Waals surface area contributed by atoms with Gasteiger partial charge in [-0.3, -0.25) is 0 Å². The van der Waals surface area contributed by atoms with Crippen molar-refractivity contribution in [2.24, 2.45) is 0 Å². The number of aryl methyl sites for hydroxylation is 1. The molecule has 1 heterocycles. The highest BCUT2D eigenvalue weighted by Gasteiger charge is 2.41. The lowest BCUT2D eigenvalue weighted by atomic mass is 10.3. The van der Waals surface area contributed by atoms with E-state index >= 15 is 0 Å². The van der Waals surface area contributed by atoms with Crippen LogP contribution >= 0.6 is 11.8 Å². The predicted molar refractivity (Wildman–Crippen MR) is 60.6 cm³/mol. The van der Waals surface area contributed by atoms with Crippen LogP contribution in [0.5, 0.6) is 0 Å². The van der Waals surface area contributed by atoms with Gasteiger partial charge in [-0.1, -0.05) is 0 Å². The van der Waals surface area contributed by atoms with E-state index in [1.807, 2.05) is 17.8 Å². The van der Waals surface area contributed by atoms with Crippen LogP contribution in [0.4, 0.5) is 0 Å². The van der Waals surface area contributed by atoms with E-state index in [4.69, 9.17) is 4.42 Å². The fraction of sp³-hybridized carbons (Fsp3) is 0.636. The maximum atomic E-state index is 5.36. The SMILES string of the molecule is CSC1(CNCc2occc2C)CC1. The van der Waals surface area contributed by atoms with E-state index < -0.39 is 0 Å². The van der Waals surface area contributed by atoms with Crippen molar-refractivity contribution in [1.82, 2.24) is 5.32 Å². The Balaban J connectivity index is 1.76. The average molecular weight is 211 g/mol. The zero-order valence-electron chi connectivity index (χ0n) is 8.80. The summed E-state index contributed by atoms with van der Waals surface area (Å²) in [5, 5.41) is 3.47. The van der Waals surface area contributed by atoms with E-state index in [0.29, 0.717) is 4.75 Å². The molecule has 0 atom stereocenters. The summed E-state index contributed by atoms with van der Waals surface area (Å²) in [6, 6.07) is 2.01. The van der Waals surface area contributed by atoms with Gasteiger partial charge in [0.25, 0.3) is 0 Å². The van der Waals surface area contributed by atoms with Gasteiger partial charge in [-0.15, -0.1) is 0 Å². The van der Waals surface area contributed by atoms with Crippen molar-refractivity contribution in [3.63, 3.8) is 0 Å². The van der Waals surface area contributed by atoms with Gasteiger partial charge in [0, 0.05) is 11.3 Å². The van der Waals surface area contributed by atoms with Crippen LogP contribution in [0.2, 0.25) is 0 Å². The molecular formula is C11H17NOS. The zero-order valence-corrected chi connectivity index (χ0v) is 9.62. The van der Waals surface area contributed by atoms with E-state index in [-0.39, 0.29) is 0 Å². The number of nitrogens with one attached hydrogen (secondary N) is 1. The lowest BCUT2D eigenvalue weighted by Crippen LogP contribution is -2.25. The molecule has 0 radical (unpaired) electrons. The first-order valence-electron chi connectivity index (χ1n) is 5.05. The second kappa shape index (κ2) is 3.99. The summed E-state index contributed by atoms with van der Waals surface area (Å²) in [6.45, 7) is 4.05. The molecule has 1 aliphatic carbocycles. The molecule has 1 saturated carbocycles. The summed E-state index contributed by atoms with van der Waals surface area (Å²) in [7, 11) is 0. The summed E-state index contributed by atoms with van der Waals surface area (Å²) in [4.78, 5) is 0. The number of hydrogen-bond donors (Lipinski definition) is 1. The third-order valence-corrected chi connectivity index (χ3v) is 4.36. The van der Waals surface area contributed by atoms with Crippen LogP contribution in [0.1, 0.15) is 24.2 Å². The molecule has 2 nitrogen and oxygen atoms in total. The third-order valence-electron chi connectivity index (χ3n) is 2.94. The van der Waals surface area contributed by atoms with E-state index in [1.54, 1.807) is 6.26 Å². The quantitative estimate of drug-likeness (QED) is 0.810. The van der Waals surface area contributed by atoms with E-state index in [2.05, 4.69) is 18.5 Å². The minimum atomic E-state index is 0.542. The topological polar surface area (TPSA) is 25.2 Å². The minimum absolute atomic E-state index is 0.542. The van der Waals surface area contributed by atoms with Crippen molar-refractivity contribution in [2.75, 3.05) is 12.8 Å². The molecule has 1 aromatic heterocycles. The normalized spacial score (nSPS) is 18.4. The summed E-state index contributed by atoms with van der Waals surface area (Å²) < 4.78 is 5.91. The van der Waals surface area contributed by atoms with E-state index in [1.165, 1.54) is 18.4 Å². The van der Waals surface area contributed by atoms with Gasteiger partial charge in [-0.2, -0.15) is 11.8 Å². The van der Waals surface area contributed by atoms with Gasteiger partial charge in [0.2, 0.25) is 0 Å². The molecule has 0 unspecified atom stereocenters. The van der Waals surface area contributed by atoms with Gasteiger partial charge in [-0.25, -0.2) is 0 Å². The molecule has 3 heteroatoms. The summed E-state index contributed by atoms with van der Waals surface area (Å²) in [5.41, 5.74) is 1.24. The van der Waals surface area contributed by atoms with Gasteiger partial charge in [0.15, 0.2) is 0 Å². The highest BCUT2D eigenvalue weighted by molar-refractivity contribution is 8.00. The van der Waals surface area contributed by atoms with Crippen molar-refractivity contribution in [3.8, 4) is 0 Å². The molecule has 0 saturated heterocycles. The van der Waals surface area contributed by atoms with Crippen LogP contribution in [-0.4, -0.2) is 17.5 Å². The van der Waals surface area contributed by atoms with Crippen molar-refractivity contribution in [1.29, 1.82) is 0 Å². The highest BCUT2D eigenvalue weighted by Crippen LogP contribution is 2.46. The Morgan fingerprint density at radius 3 is 2.86 bits per heavy atom. The first kappa shape index (κ1) is 10.1. The fourth-order valence-electron chi connectivity index (χ4n) is 1.58. The first-order chi connectivity index (χ1) is 6.76. The smallest absolute Gasteiger partial charge is 0.120 e. The van der Waals surface area contributed by atoms with Crippen molar-refractivity contribution in [3.05, 3.63) is 23.7 Å². The lowest BCUT2D eigenvalue weighted by Gasteiger charge is -2.12. The number of thioether (sulfide) groups is 1. The van der Waals surface area contributed by atoms with Crippen LogP contribution < -0.4 is 5.32 Å². The summed E-state index contributed by atoms with van der Waals surface area (Å²) in [5.74, 6) is 1.07. The zero-order chi connectivity index (χ0) is 10.0. The number of furan rings is 1. The molecule has 1 aromatic rings. The first-order valence-corrected chi connectivity index (χ1v) is 6.27. The second-order valence-corrected chi connectivity index (χ2v) is 5.29. The van der Waals surface area contributed by atoms with Crippen molar-refractivity contribution >= 4 is 11.8 Å². The molecule has 0 aromatic carbocycles. The van der Waals surface area contributed by atoms with Gasteiger partial charge in [-0.05, 0) is 37.7 Å². The van der Waals surface area contributed by atoms with Crippen LogP contribution in [0, 0.1) is 6.92 Å². The Kier molecular flexibility index (Phi) is 2.88. The van der Waals surface area contributed by atoms with Crippen LogP contribution in [0.3, 0.4) is 0 Å². The molecule has 14 heavy (non-hydrogen) atoms. The lowest BCUT2D eigenvalue weighted by molar-refractivity contribution is 0.479. The molecular weight excluding hydrogens is 194 g/mol. The standard InChI is InChI=1S/C11H17NOS/c1-9-3-6-13-10(9)7-12-8-11(14-2)4-5-11/h3,6,12H,4-5,7-8H2,1-2H3. The Morgan fingerprint density at radius 2 is 2.36 bits per heavy atom. The fourth-order valence-corrected chi connectivity index (χ4v) is 2.34. The van der Waals surface area contributed by atoms with Gasteiger partial charge in [0.1, 0.15) is 5.76 Å². The molecule has 2 rings (SSSR count). The van der Waals surface area contributed by atoms with Crippen molar-refractivity contribution in [2.45, 2.75) is 31.1 Å². The Hall–Kier alpha value is -0.410. The molecule has 0 spiro atoms. The van der Waals surface area contributed by atoms with Crippen LogP contribution in [0.15, 0.2) is 16.7 Å². The Morgan fingerprint density at radius 1 is 1.57 bits per heavy atom. The molecule has 0 bridgehead atoms. The second-order valence-electron chi connectivity index (χ2n) is 4.02. The maximum absolute atomic E-state index is 5.36. The predicted octanol–water partition coefficient (Wildman–Crippen LogP) is 2.57. The van der Waals surface area contributed by atoms with E-state index in [0.717, 1.165) is 18.8 Å². The monoisotopic (exact) mass is 211 g/mol. The molecule has 0 amide bonds. The highest BCUT2D eigenvalue weighted by atomic mass is 32.2. The Bertz CT molecular complexity index is 304. The average Bonchev–Trinajstić information content (AvgIpc) is 2.86. The maximum Gasteiger partial charge on any atom is 0.120 e. The van der Waals surface area contributed by atoms with Gasteiger partial charge in [0.05, 0.1) is 12.8 Å². The molecule has 0 aliphatic heterocycles. The van der Waals surface area contributed by atoms with Gasteiger partial charge >= 0.3 is 0 Å². The minimum Gasteiger partial charge on any atom is -0.468 e. The molecule has 1 aliphatic rings. The third kappa shape index (κ3) is 2.15. The largest absolute Gasteiger partial charge is 0.468 e. The Labute approximate surface area is 89.4 Å². The molecule has 78 valence electrons.